The van der Waals surface area contributed by atoms with Gasteiger partial charge in [0.15, 0.2) is 0 Å². The molecule has 0 saturated heterocycles. The third-order valence-corrected chi connectivity index (χ3v) is 6.86. The van der Waals surface area contributed by atoms with Gasteiger partial charge in [-0.3, -0.25) is 9.59 Å². The molecule has 2 aromatic rings. The van der Waals surface area contributed by atoms with Crippen LogP contribution in [0.4, 0.5) is 17.6 Å². The molecule has 2 atom stereocenters. The summed E-state index contributed by atoms with van der Waals surface area (Å²) in [7, 11) is 0. The molecule has 0 saturated carbocycles. The van der Waals surface area contributed by atoms with Crippen molar-refractivity contribution in [2.24, 2.45) is 5.41 Å². The number of rotatable bonds is 8. The second-order valence-electron chi connectivity index (χ2n) is 9.85. The normalized spacial score (nSPS) is 14.2. The molecule has 0 bridgehead atoms. The van der Waals surface area contributed by atoms with E-state index < -0.39 is 35.6 Å². The molecule has 208 valence electrons. The van der Waals surface area contributed by atoms with E-state index in [1.165, 1.54) is 6.07 Å². The molecule has 0 aliphatic heterocycles. The largest absolute Gasteiger partial charge is 0.399 e. The first-order valence-corrected chi connectivity index (χ1v) is 12.9. The molecule has 2 amide bonds. The van der Waals surface area contributed by atoms with Gasteiger partial charge in [0.05, 0.1) is 31.8 Å². The van der Waals surface area contributed by atoms with Gasteiger partial charge >= 0.3 is 6.18 Å². The Morgan fingerprint density at radius 3 is 2.03 bits per heavy atom. The molecule has 2 rings (SSSR count). The molecule has 38 heavy (non-hydrogen) atoms. The minimum Gasteiger partial charge on any atom is -0.336 e. The van der Waals surface area contributed by atoms with Crippen LogP contribution in [0.15, 0.2) is 36.4 Å². The van der Waals surface area contributed by atoms with E-state index in [4.69, 9.17) is 46.4 Å². The molecule has 2 N–H and O–H groups in total. The number of hydrogen-bond donors (Lipinski definition) is 2. The summed E-state index contributed by atoms with van der Waals surface area (Å²) >= 11 is 23.7. The van der Waals surface area contributed by atoms with E-state index in [0.717, 1.165) is 24.3 Å². The van der Waals surface area contributed by atoms with Gasteiger partial charge < -0.3 is 10.6 Å². The summed E-state index contributed by atoms with van der Waals surface area (Å²) in [5.41, 5.74) is -0.775. The fourth-order valence-electron chi connectivity index (χ4n) is 3.34. The lowest BCUT2D eigenvalue weighted by molar-refractivity contribution is -0.139. The summed E-state index contributed by atoms with van der Waals surface area (Å²) in [5.74, 6) is -4.53. The fourth-order valence-corrected chi connectivity index (χ4v) is 4.22. The van der Waals surface area contributed by atoms with Crippen molar-refractivity contribution in [1.29, 1.82) is 0 Å². The maximum atomic E-state index is 15.0. The molecule has 0 heterocycles. The minimum absolute atomic E-state index is 0.0299. The molecule has 0 aliphatic rings. The smallest absolute Gasteiger partial charge is 0.336 e. The summed E-state index contributed by atoms with van der Waals surface area (Å²) in [6.07, 6.45) is -4.32. The fraction of sp³-hybridized carbons (Fsp3) is 0.385. The number of hydrogen-bond acceptors (Lipinski definition) is 2. The van der Waals surface area contributed by atoms with Crippen LogP contribution in [0.2, 0.25) is 20.1 Å². The van der Waals surface area contributed by atoms with E-state index in [2.05, 4.69) is 10.6 Å². The zero-order valence-corrected chi connectivity index (χ0v) is 23.9. The van der Waals surface area contributed by atoms with Crippen LogP contribution in [0.3, 0.4) is 0 Å². The third kappa shape index (κ3) is 9.33. The van der Waals surface area contributed by atoms with E-state index in [9.17, 15) is 27.2 Å². The first kappa shape index (κ1) is 32.2. The van der Waals surface area contributed by atoms with Crippen molar-refractivity contribution in [2.75, 3.05) is 0 Å². The molecule has 2 unspecified atom stereocenters. The maximum absolute atomic E-state index is 15.0. The maximum Gasteiger partial charge on any atom is 0.399 e. The molecule has 0 fully saturated rings. The number of halogens is 8. The van der Waals surface area contributed by atoms with Gasteiger partial charge in [-0.1, -0.05) is 73.2 Å². The van der Waals surface area contributed by atoms with E-state index in [0.29, 0.717) is 12.5 Å². The van der Waals surface area contributed by atoms with E-state index in [1.807, 2.05) is 20.8 Å². The molecule has 0 radical (unpaired) electrons. The van der Waals surface area contributed by atoms with E-state index in [-0.39, 0.29) is 49.0 Å². The zero-order chi connectivity index (χ0) is 29.0. The van der Waals surface area contributed by atoms with Crippen LogP contribution in [-0.4, -0.2) is 24.2 Å². The lowest BCUT2D eigenvalue weighted by Gasteiger charge is -2.20. The van der Waals surface area contributed by atoms with E-state index >= 15 is 0 Å². The predicted octanol–water partition coefficient (Wildman–Crippen LogP) is 8.97. The highest BCUT2D eigenvalue weighted by atomic mass is 35.5. The number of amides is 2. The number of allylic oxidation sites excluding steroid dienone is 1. The van der Waals surface area contributed by atoms with Gasteiger partial charge in [0, 0.05) is 12.0 Å². The first-order valence-electron chi connectivity index (χ1n) is 11.4. The zero-order valence-electron chi connectivity index (χ0n) is 20.9. The van der Waals surface area contributed by atoms with Crippen LogP contribution in [-0.2, 0) is 4.79 Å². The van der Waals surface area contributed by atoms with Gasteiger partial charge in [-0.15, -0.1) is 0 Å². The van der Waals surface area contributed by atoms with Crippen LogP contribution in [0.1, 0.15) is 67.9 Å². The Morgan fingerprint density at radius 1 is 0.947 bits per heavy atom. The van der Waals surface area contributed by atoms with Gasteiger partial charge in [0.2, 0.25) is 5.91 Å². The van der Waals surface area contributed by atoms with Crippen molar-refractivity contribution in [2.45, 2.75) is 58.8 Å². The number of benzene rings is 2. The summed E-state index contributed by atoms with van der Waals surface area (Å²) in [5, 5.41) is 4.46. The third-order valence-electron chi connectivity index (χ3n) is 5.35. The van der Waals surface area contributed by atoms with Crippen LogP contribution in [0, 0.1) is 5.41 Å². The quantitative estimate of drug-likeness (QED) is 0.177. The Labute approximate surface area is 238 Å². The first-order chi connectivity index (χ1) is 17.4. The summed E-state index contributed by atoms with van der Waals surface area (Å²) in [4.78, 5) is 24.7. The number of carbonyl (C=O) groups excluding carboxylic acids is 2. The van der Waals surface area contributed by atoms with Crippen molar-refractivity contribution in [3.63, 3.8) is 0 Å². The van der Waals surface area contributed by atoms with Gasteiger partial charge in [-0.05, 0) is 54.7 Å². The molecular formula is C26H26Cl4F4N2O2. The molecule has 0 aliphatic carbocycles. The Morgan fingerprint density at radius 2 is 1.53 bits per heavy atom. The highest BCUT2D eigenvalue weighted by Crippen LogP contribution is 2.42. The van der Waals surface area contributed by atoms with Crippen molar-refractivity contribution < 1.29 is 27.2 Å². The Hall–Kier alpha value is -2.00. The minimum atomic E-state index is -4.88. The van der Waals surface area contributed by atoms with Gasteiger partial charge in [0.25, 0.3) is 5.91 Å². The monoisotopic (exact) mass is 614 g/mol. The van der Waals surface area contributed by atoms with Crippen molar-refractivity contribution in [1.82, 2.24) is 10.6 Å². The standard InChI is InChI=1S/C26H26Cl4F4N2O2/c1-13(35-22(37)7-8-25(2,3)4)36-24(38)16-6-5-14(9-18(16)27)21(31)12-17(26(32,33)34)15-10-19(28)23(30)20(29)11-15/h5-6,9-13,17H,7-8H2,1-4H3,(H,35,37)(H,36,38)/b21-12-. The number of alkyl halides is 3. The van der Waals surface area contributed by atoms with Gasteiger partial charge in [0.1, 0.15) is 11.7 Å². The SMILES string of the molecule is CC(NC(=O)CCC(C)(C)C)NC(=O)c1ccc(/C(F)=C/C(c2cc(Cl)c(Cl)c(Cl)c2)C(F)(F)F)cc1Cl. The van der Waals surface area contributed by atoms with Crippen molar-refractivity contribution >= 4 is 64.0 Å². The summed E-state index contributed by atoms with van der Waals surface area (Å²) in [6.45, 7) is 7.56. The van der Waals surface area contributed by atoms with Crippen molar-refractivity contribution in [3.05, 3.63) is 73.2 Å². The predicted molar refractivity (Wildman–Crippen MR) is 145 cm³/mol. The Kier molecular flexibility index (Phi) is 10.9. The average Bonchev–Trinajstić information content (AvgIpc) is 2.77. The number of nitrogens with one attached hydrogen (secondary N) is 2. The molecule has 2 aromatic carbocycles. The average molecular weight is 616 g/mol. The van der Waals surface area contributed by atoms with Crippen LogP contribution in [0.5, 0.6) is 0 Å². The summed E-state index contributed by atoms with van der Waals surface area (Å²) < 4.78 is 56.3. The highest BCUT2D eigenvalue weighted by Gasteiger charge is 2.40. The molecular weight excluding hydrogens is 590 g/mol. The summed E-state index contributed by atoms with van der Waals surface area (Å²) in [6, 6.07) is 5.24. The van der Waals surface area contributed by atoms with Crippen LogP contribution >= 0.6 is 46.4 Å². The Balaban J connectivity index is 2.21. The molecule has 12 heteroatoms. The topological polar surface area (TPSA) is 58.2 Å². The lowest BCUT2D eigenvalue weighted by atomic mass is 9.90. The molecule has 4 nitrogen and oxygen atoms in total. The van der Waals surface area contributed by atoms with Gasteiger partial charge in [-0.2, -0.15) is 13.2 Å². The molecule has 0 spiro atoms. The van der Waals surface area contributed by atoms with Crippen molar-refractivity contribution in [3.8, 4) is 0 Å². The molecule has 0 aromatic heterocycles. The van der Waals surface area contributed by atoms with E-state index in [1.54, 1.807) is 6.92 Å². The van der Waals surface area contributed by atoms with Crippen LogP contribution < -0.4 is 10.6 Å². The highest BCUT2D eigenvalue weighted by molar-refractivity contribution is 6.48. The second-order valence-corrected chi connectivity index (χ2v) is 11.4. The van der Waals surface area contributed by atoms with Crippen LogP contribution in [0.25, 0.3) is 5.83 Å². The second kappa shape index (κ2) is 12.9. The number of carbonyl (C=O) groups is 2. The Bertz CT molecular complexity index is 1200. The lowest BCUT2D eigenvalue weighted by Crippen LogP contribution is -2.46. The van der Waals surface area contributed by atoms with Gasteiger partial charge in [-0.25, -0.2) is 4.39 Å².